The van der Waals surface area contributed by atoms with E-state index < -0.39 is 0 Å². The Morgan fingerprint density at radius 1 is 0.205 bits per heavy atom. The van der Waals surface area contributed by atoms with Gasteiger partial charge in [0.15, 0.2) is 0 Å². The molecule has 0 fully saturated rings. The van der Waals surface area contributed by atoms with E-state index in [-0.39, 0.29) is 10.8 Å². The first kappa shape index (κ1) is 74.5. The lowest BCUT2D eigenvalue weighted by Crippen LogP contribution is -2.17. The largest absolute Gasteiger partial charge is 0.312 e. The Kier molecular flexibility index (Phi) is 16.2. The summed E-state index contributed by atoms with van der Waals surface area (Å²) in [6.07, 6.45) is 0. The van der Waals surface area contributed by atoms with Crippen LogP contribution in [-0.4, -0.2) is 9.13 Å². The Labute approximate surface area is 737 Å². The summed E-state index contributed by atoms with van der Waals surface area (Å²) in [5, 5.41) is 44.0. The molecule has 0 radical (unpaired) electrons. The normalized spacial score (nSPS) is 12.5. The van der Waals surface area contributed by atoms with E-state index in [2.05, 4.69) is 453 Å². The number of anilines is 3. The molecule has 0 unspecified atom stereocenters. The molecule has 0 saturated heterocycles. The van der Waals surface area contributed by atoms with Gasteiger partial charge >= 0.3 is 0 Å². The van der Waals surface area contributed by atoms with Crippen LogP contribution in [0.5, 0.6) is 0 Å². The second kappa shape index (κ2) is 27.7. The zero-order valence-corrected chi connectivity index (χ0v) is 73.1. The number of fused-ring (bicyclic) bond motifs is 20. The highest BCUT2D eigenvalue weighted by Gasteiger charge is 2.32. The Morgan fingerprint density at radius 3 is 1.17 bits per heavy atom. The highest BCUT2D eigenvalue weighted by atomic mass is 15.1. The molecular formula is C124H91N3. The van der Waals surface area contributed by atoms with Gasteiger partial charge in [0.1, 0.15) is 0 Å². The maximum absolute atomic E-state index is 2.58. The van der Waals surface area contributed by atoms with Gasteiger partial charge in [0.2, 0.25) is 0 Å². The van der Waals surface area contributed by atoms with Crippen LogP contribution in [0.4, 0.5) is 17.1 Å². The first-order valence-corrected chi connectivity index (χ1v) is 45.0. The second-order valence-electron chi connectivity index (χ2n) is 37.7. The van der Waals surface area contributed by atoms with Crippen LogP contribution in [0, 0.1) is 27.7 Å². The molecule has 2 heterocycles. The molecule has 0 aliphatic heterocycles. The maximum atomic E-state index is 2.58. The lowest BCUT2D eigenvalue weighted by Gasteiger charge is -2.30. The number of nitrogens with zero attached hydrogens (tertiary/aromatic N) is 3. The standard InChI is InChI=1S/C70H55N.C54H36N2/c1-40-41(2)71(61-37-36-49(46-20-9-12-23-51(46)61)50-33-30-44-29-28-42-18-17-19-43-31-34-53(50)64(44)63(42)43)68-57-27-16-11-22-48(57)59-39-58(47-21-10-13-24-52(47)65(59)62(40)68)45-32-35-56-60(38-45)67(70(6,7)8)55-26-15-14-25-54(55)66(56)69(3,4)5;1-33-34(2)55(48-30-27-38-24-23-36-15-12-16-37-26-29-46(48)52(38)51(36)37)54-45-22-11-8-19-42(45)47-32-49(43-20-9-10-21-44(43)53(47)50(33)54)56(40-17-4-3-5-18-40)41-28-25-35-13-6-7-14-39(35)31-41/h9-39H,1-8H3;3-32H,1-2H3. The van der Waals surface area contributed by atoms with Gasteiger partial charge in [-0.05, 0) is 283 Å². The molecule has 0 amide bonds. The number of benzene rings is 24. The second-order valence-corrected chi connectivity index (χ2v) is 37.7. The molecule has 24 aromatic carbocycles. The van der Waals surface area contributed by atoms with Crippen molar-refractivity contribution in [3.05, 3.63) is 404 Å². The molecular weight excluding hydrogens is 1530 g/mol. The number of aromatic nitrogens is 2. The number of hydrogen-bond acceptors (Lipinski definition) is 1. The topological polar surface area (TPSA) is 13.1 Å². The monoisotopic (exact) mass is 1620 g/mol. The van der Waals surface area contributed by atoms with Crippen molar-refractivity contribution >= 4 is 211 Å². The quantitative estimate of drug-likeness (QED) is 0.114. The third-order valence-corrected chi connectivity index (χ3v) is 28.7. The molecule has 3 heteroatoms. The maximum Gasteiger partial charge on any atom is 0.0619 e. The molecule has 0 aliphatic rings. The summed E-state index contributed by atoms with van der Waals surface area (Å²) in [7, 11) is 0. The molecule has 3 nitrogen and oxygen atoms in total. The molecule has 26 aromatic rings. The van der Waals surface area contributed by atoms with Crippen molar-refractivity contribution in [3.8, 4) is 33.6 Å². The third-order valence-electron chi connectivity index (χ3n) is 28.7. The van der Waals surface area contributed by atoms with Crippen LogP contribution in [-0.2, 0) is 10.8 Å². The highest BCUT2D eigenvalue weighted by molar-refractivity contribution is 6.37. The Balaban J connectivity index is 0.000000142. The number of hydrogen-bond donors (Lipinski definition) is 0. The fraction of sp³-hybridized carbons (Fsp3) is 0.0968. The Hall–Kier alpha value is -15.2. The van der Waals surface area contributed by atoms with Gasteiger partial charge < -0.3 is 14.0 Å². The summed E-state index contributed by atoms with van der Waals surface area (Å²) in [6.45, 7) is 23.5. The minimum absolute atomic E-state index is 0.0403. The summed E-state index contributed by atoms with van der Waals surface area (Å²) < 4.78 is 5.15. The summed E-state index contributed by atoms with van der Waals surface area (Å²) in [5.41, 5.74) is 21.3. The predicted molar refractivity (Wildman–Crippen MR) is 551 cm³/mol. The third kappa shape index (κ3) is 10.9. The van der Waals surface area contributed by atoms with E-state index in [4.69, 9.17) is 0 Å². The van der Waals surface area contributed by atoms with Crippen LogP contribution in [0.25, 0.3) is 228 Å². The van der Waals surface area contributed by atoms with Crippen molar-refractivity contribution in [2.45, 2.75) is 80.1 Å². The van der Waals surface area contributed by atoms with E-state index in [1.807, 2.05) is 0 Å². The molecule has 2 aromatic heterocycles. The summed E-state index contributed by atoms with van der Waals surface area (Å²) in [6, 6.07) is 139. The molecule has 0 spiro atoms. The predicted octanol–water partition coefficient (Wildman–Crippen LogP) is 35.2. The van der Waals surface area contributed by atoms with Crippen LogP contribution in [0.3, 0.4) is 0 Å². The lowest BCUT2D eigenvalue weighted by atomic mass is 9.73. The Bertz CT molecular complexity index is 9180. The van der Waals surface area contributed by atoms with Crippen molar-refractivity contribution in [1.29, 1.82) is 0 Å². The van der Waals surface area contributed by atoms with Crippen LogP contribution < -0.4 is 4.90 Å². The number of rotatable bonds is 7. The average Bonchev–Trinajstić information content (AvgIpc) is 1.57. The fourth-order valence-electron chi connectivity index (χ4n) is 23.2. The highest BCUT2D eigenvalue weighted by Crippen LogP contribution is 2.54. The van der Waals surface area contributed by atoms with Crippen molar-refractivity contribution in [3.63, 3.8) is 0 Å². The van der Waals surface area contributed by atoms with Crippen molar-refractivity contribution in [2.24, 2.45) is 0 Å². The van der Waals surface area contributed by atoms with Crippen molar-refractivity contribution in [1.82, 2.24) is 9.13 Å². The molecule has 0 bridgehead atoms. The van der Waals surface area contributed by atoms with Crippen LogP contribution in [0.15, 0.2) is 370 Å². The summed E-state index contributed by atoms with van der Waals surface area (Å²) in [5.74, 6) is 0. The molecule has 127 heavy (non-hydrogen) atoms. The van der Waals surface area contributed by atoms with E-state index in [0.29, 0.717) is 0 Å². The van der Waals surface area contributed by atoms with Gasteiger partial charge in [0.05, 0.1) is 28.1 Å². The fourth-order valence-corrected chi connectivity index (χ4v) is 23.2. The number of aryl methyl sites for hydroxylation is 2. The van der Waals surface area contributed by atoms with Gasteiger partial charge in [0, 0.05) is 60.5 Å². The molecule has 0 N–H and O–H groups in total. The van der Waals surface area contributed by atoms with Crippen LogP contribution >= 0.6 is 0 Å². The van der Waals surface area contributed by atoms with Gasteiger partial charge in [-0.2, -0.15) is 0 Å². The first-order chi connectivity index (χ1) is 62.0. The SMILES string of the molecule is Cc1c(C)n(-c2ccc(-c3ccc4ccc5cccc6ccc3c4c56)c3ccccc23)c2c3ccccc3c3cc(-c4ccc5c(C(C)(C)C)c6ccccc6c(C(C)(C)C)c5c4)c4ccccc4c3c12.Cc1c(C)n(-c2ccc3ccc4cccc5ccc2c3c45)c2c3ccccc3c3cc(N(c4ccccc4)c4ccc5ccccc5c4)c4ccccc4c3c12. The van der Waals surface area contributed by atoms with Crippen molar-refractivity contribution in [2.75, 3.05) is 4.90 Å². The molecule has 0 atom stereocenters. The van der Waals surface area contributed by atoms with E-state index >= 15 is 0 Å². The molecule has 0 saturated carbocycles. The van der Waals surface area contributed by atoms with Gasteiger partial charge in [0.25, 0.3) is 0 Å². The van der Waals surface area contributed by atoms with Crippen LogP contribution in [0.2, 0.25) is 0 Å². The summed E-state index contributed by atoms with van der Waals surface area (Å²) in [4.78, 5) is 2.45. The first-order valence-electron chi connectivity index (χ1n) is 45.0. The van der Waals surface area contributed by atoms with E-state index in [1.165, 1.54) is 267 Å². The number of para-hydroxylation sites is 1. The zero-order valence-electron chi connectivity index (χ0n) is 73.1. The van der Waals surface area contributed by atoms with Gasteiger partial charge in [-0.1, -0.05) is 357 Å². The smallest absolute Gasteiger partial charge is 0.0619 e. The van der Waals surface area contributed by atoms with Gasteiger partial charge in [-0.3, -0.25) is 0 Å². The van der Waals surface area contributed by atoms with E-state index in [9.17, 15) is 0 Å². The zero-order chi connectivity index (χ0) is 85.3. The van der Waals surface area contributed by atoms with E-state index in [0.717, 1.165) is 11.4 Å². The van der Waals surface area contributed by atoms with Gasteiger partial charge in [-0.25, -0.2) is 0 Å². The lowest BCUT2D eigenvalue weighted by molar-refractivity contribution is 0.593. The average molecular weight is 1620 g/mol. The van der Waals surface area contributed by atoms with E-state index in [1.54, 1.807) is 0 Å². The minimum atomic E-state index is -0.0715. The van der Waals surface area contributed by atoms with Gasteiger partial charge in [-0.15, -0.1) is 0 Å². The van der Waals surface area contributed by atoms with Crippen molar-refractivity contribution < 1.29 is 0 Å². The Morgan fingerprint density at radius 2 is 0.583 bits per heavy atom. The molecule has 0 aliphatic carbocycles. The summed E-state index contributed by atoms with van der Waals surface area (Å²) >= 11 is 0. The minimum Gasteiger partial charge on any atom is -0.312 e. The molecule has 602 valence electrons. The van der Waals surface area contributed by atoms with Crippen LogP contribution in [0.1, 0.15) is 75.2 Å². The molecule has 26 rings (SSSR count).